The van der Waals surface area contributed by atoms with Gasteiger partial charge >= 0.3 is 0 Å². The monoisotopic (exact) mass is 263 g/mol. The number of nitrogens with one attached hydrogen (secondary N) is 1. The molecule has 1 N–H and O–H groups in total. The molecule has 3 heteroatoms. The Balaban J connectivity index is 2.01. The summed E-state index contributed by atoms with van der Waals surface area (Å²) in [6, 6.07) is 9.05. The van der Waals surface area contributed by atoms with Crippen LogP contribution in [0.4, 0.5) is 4.39 Å². The molecule has 0 fully saturated rings. The Kier molecular flexibility index (Phi) is 4.90. The fourth-order valence-electron chi connectivity index (χ4n) is 2.14. The summed E-state index contributed by atoms with van der Waals surface area (Å²) in [6.07, 6.45) is 2.16. The van der Waals surface area contributed by atoms with Gasteiger partial charge in [-0.3, -0.25) is 0 Å². The molecule has 0 spiro atoms. The van der Waals surface area contributed by atoms with Crippen LogP contribution in [0.5, 0.6) is 0 Å². The summed E-state index contributed by atoms with van der Waals surface area (Å²) in [5.74, 6) is 0.273. The van der Waals surface area contributed by atoms with Crippen molar-refractivity contribution in [1.29, 1.82) is 0 Å². The van der Waals surface area contributed by atoms with Crippen LogP contribution in [-0.2, 0) is 6.42 Å². The average Bonchev–Trinajstić information content (AvgIpc) is 2.89. The minimum Gasteiger partial charge on any atom is -0.319 e. The fourth-order valence-corrected chi connectivity index (χ4v) is 2.85. The third kappa shape index (κ3) is 3.65. The van der Waals surface area contributed by atoms with Crippen LogP contribution in [-0.4, -0.2) is 13.6 Å². The topological polar surface area (TPSA) is 12.0 Å². The van der Waals surface area contributed by atoms with E-state index in [2.05, 4.69) is 22.1 Å². The molecule has 2 aromatic rings. The van der Waals surface area contributed by atoms with Crippen LogP contribution in [0.1, 0.15) is 23.5 Å². The zero-order valence-electron chi connectivity index (χ0n) is 10.5. The number of likely N-dealkylation sites (N-methyl/N-ethyl adjacent to an activating group) is 1. The van der Waals surface area contributed by atoms with Crippen molar-refractivity contribution in [2.45, 2.75) is 18.8 Å². The van der Waals surface area contributed by atoms with Gasteiger partial charge in [-0.2, -0.15) is 11.3 Å². The van der Waals surface area contributed by atoms with Gasteiger partial charge in [0, 0.05) is 6.54 Å². The summed E-state index contributed by atoms with van der Waals surface area (Å²) >= 11 is 1.74. The normalized spacial score (nSPS) is 12.6. The van der Waals surface area contributed by atoms with Crippen LogP contribution in [0, 0.1) is 5.82 Å². The van der Waals surface area contributed by atoms with Crippen molar-refractivity contribution in [2.75, 3.05) is 13.6 Å². The Bertz CT molecular complexity index is 450. The maximum Gasteiger partial charge on any atom is 0.123 e. The molecule has 0 aliphatic carbocycles. The number of hydrogen-bond acceptors (Lipinski definition) is 2. The minimum atomic E-state index is -0.167. The Morgan fingerprint density at radius 3 is 2.61 bits per heavy atom. The molecule has 1 aromatic carbocycles. The minimum absolute atomic E-state index is 0.167. The zero-order valence-corrected chi connectivity index (χ0v) is 11.3. The molecule has 0 aliphatic heterocycles. The van der Waals surface area contributed by atoms with Crippen molar-refractivity contribution in [3.8, 4) is 0 Å². The lowest BCUT2D eigenvalue weighted by Crippen LogP contribution is -2.17. The van der Waals surface area contributed by atoms with E-state index in [9.17, 15) is 4.39 Å². The number of hydrogen-bond donors (Lipinski definition) is 1. The number of thiophene rings is 1. The molecule has 1 aromatic heterocycles. The molecule has 0 radical (unpaired) electrons. The van der Waals surface area contributed by atoms with E-state index in [0.717, 1.165) is 19.4 Å². The van der Waals surface area contributed by atoms with Crippen molar-refractivity contribution in [3.63, 3.8) is 0 Å². The van der Waals surface area contributed by atoms with Gasteiger partial charge < -0.3 is 5.32 Å². The van der Waals surface area contributed by atoms with Crippen LogP contribution in [0.25, 0.3) is 0 Å². The Labute approximate surface area is 112 Å². The van der Waals surface area contributed by atoms with Gasteiger partial charge in [-0.25, -0.2) is 4.39 Å². The number of rotatable bonds is 6. The summed E-state index contributed by atoms with van der Waals surface area (Å²) in [6.45, 7) is 0.926. The molecule has 1 unspecified atom stereocenters. The van der Waals surface area contributed by atoms with Crippen LogP contribution in [0.3, 0.4) is 0 Å². The highest BCUT2D eigenvalue weighted by Crippen LogP contribution is 2.22. The first kappa shape index (κ1) is 13.2. The second kappa shape index (κ2) is 6.66. The van der Waals surface area contributed by atoms with E-state index in [-0.39, 0.29) is 5.82 Å². The van der Waals surface area contributed by atoms with Crippen molar-refractivity contribution < 1.29 is 4.39 Å². The highest BCUT2D eigenvalue weighted by molar-refractivity contribution is 7.07. The molecule has 0 bridgehead atoms. The lowest BCUT2D eigenvalue weighted by molar-refractivity contribution is 0.580. The summed E-state index contributed by atoms with van der Waals surface area (Å²) in [5, 5.41) is 7.53. The van der Waals surface area contributed by atoms with Crippen molar-refractivity contribution in [1.82, 2.24) is 5.32 Å². The van der Waals surface area contributed by atoms with E-state index in [4.69, 9.17) is 0 Å². The van der Waals surface area contributed by atoms with E-state index >= 15 is 0 Å². The molecule has 0 saturated carbocycles. The first-order valence-electron chi connectivity index (χ1n) is 6.20. The molecule has 96 valence electrons. The third-order valence-corrected chi connectivity index (χ3v) is 3.89. The number of benzene rings is 1. The van der Waals surface area contributed by atoms with Gasteiger partial charge in [0.2, 0.25) is 0 Å². The van der Waals surface area contributed by atoms with Crippen LogP contribution < -0.4 is 5.32 Å². The predicted octanol–water partition coefficient (Wildman–Crippen LogP) is 3.82. The summed E-state index contributed by atoms with van der Waals surface area (Å²) in [4.78, 5) is 0. The summed E-state index contributed by atoms with van der Waals surface area (Å²) in [5.41, 5.74) is 2.60. The maximum absolute atomic E-state index is 12.9. The first-order valence-corrected chi connectivity index (χ1v) is 7.15. The van der Waals surface area contributed by atoms with Crippen molar-refractivity contribution in [3.05, 3.63) is 58.0 Å². The Morgan fingerprint density at radius 1 is 1.22 bits per heavy atom. The molecule has 18 heavy (non-hydrogen) atoms. The van der Waals surface area contributed by atoms with Gasteiger partial charge in [-0.15, -0.1) is 0 Å². The van der Waals surface area contributed by atoms with E-state index in [0.29, 0.717) is 5.92 Å². The molecule has 1 atom stereocenters. The Hall–Kier alpha value is -1.19. The summed E-state index contributed by atoms with van der Waals surface area (Å²) in [7, 11) is 1.96. The largest absolute Gasteiger partial charge is 0.319 e. The fraction of sp³-hybridized carbons (Fsp3) is 0.333. The third-order valence-electron chi connectivity index (χ3n) is 3.15. The molecule has 0 aliphatic rings. The highest BCUT2D eigenvalue weighted by atomic mass is 32.1. The molecule has 0 amide bonds. The van der Waals surface area contributed by atoms with Gasteiger partial charge in [0.15, 0.2) is 0 Å². The molecular weight excluding hydrogens is 245 g/mol. The van der Waals surface area contributed by atoms with Gasteiger partial charge in [-0.05, 0) is 65.9 Å². The zero-order chi connectivity index (χ0) is 12.8. The van der Waals surface area contributed by atoms with E-state index in [1.54, 1.807) is 23.5 Å². The van der Waals surface area contributed by atoms with Crippen molar-refractivity contribution >= 4 is 11.3 Å². The highest BCUT2D eigenvalue weighted by Gasteiger charge is 2.11. The lowest BCUT2D eigenvalue weighted by atomic mass is 9.93. The van der Waals surface area contributed by atoms with E-state index in [1.807, 2.05) is 19.2 Å². The number of halogens is 1. The molecular formula is C15H18FNS. The lowest BCUT2D eigenvalue weighted by Gasteiger charge is -2.16. The first-order chi connectivity index (χ1) is 8.79. The van der Waals surface area contributed by atoms with Crippen LogP contribution in [0.15, 0.2) is 41.1 Å². The molecule has 1 heterocycles. The quantitative estimate of drug-likeness (QED) is 0.835. The smallest absolute Gasteiger partial charge is 0.123 e. The maximum atomic E-state index is 12.9. The molecule has 2 rings (SSSR count). The predicted molar refractivity (Wildman–Crippen MR) is 75.7 cm³/mol. The second-order valence-electron chi connectivity index (χ2n) is 4.48. The van der Waals surface area contributed by atoms with Gasteiger partial charge in [-0.1, -0.05) is 12.1 Å². The number of aryl methyl sites for hydroxylation is 1. The average molecular weight is 263 g/mol. The van der Waals surface area contributed by atoms with E-state index < -0.39 is 0 Å². The van der Waals surface area contributed by atoms with Crippen LogP contribution >= 0.6 is 11.3 Å². The van der Waals surface area contributed by atoms with E-state index in [1.165, 1.54) is 11.1 Å². The second-order valence-corrected chi connectivity index (χ2v) is 5.26. The summed E-state index contributed by atoms with van der Waals surface area (Å²) < 4.78 is 12.9. The Morgan fingerprint density at radius 2 is 2.00 bits per heavy atom. The van der Waals surface area contributed by atoms with Gasteiger partial charge in [0.25, 0.3) is 0 Å². The molecule has 0 saturated heterocycles. The van der Waals surface area contributed by atoms with Gasteiger partial charge in [0.05, 0.1) is 0 Å². The molecule has 1 nitrogen and oxygen atoms in total. The van der Waals surface area contributed by atoms with Crippen molar-refractivity contribution in [2.24, 2.45) is 0 Å². The standard InChI is InChI=1S/C15H18FNS/c1-17-10-14(3-2-12-8-9-18-11-12)13-4-6-15(16)7-5-13/h4-9,11,14,17H,2-3,10H2,1H3. The SMILES string of the molecule is CNCC(CCc1ccsc1)c1ccc(F)cc1. The van der Waals surface area contributed by atoms with Gasteiger partial charge in [0.1, 0.15) is 5.82 Å². The van der Waals surface area contributed by atoms with Crippen LogP contribution in [0.2, 0.25) is 0 Å².